The minimum absolute atomic E-state index is 0.0335. The first-order chi connectivity index (χ1) is 11.6. The summed E-state index contributed by atoms with van der Waals surface area (Å²) < 4.78 is 0. The van der Waals surface area contributed by atoms with Gasteiger partial charge in [-0.15, -0.1) is 0 Å². The van der Waals surface area contributed by atoms with Crippen LogP contribution < -0.4 is 10.6 Å². The summed E-state index contributed by atoms with van der Waals surface area (Å²) in [6, 6.07) is 0.527. The van der Waals surface area contributed by atoms with Crippen LogP contribution in [0, 0.1) is 0 Å². The number of fused-ring (bicyclic) bond motifs is 1. The average Bonchev–Trinajstić information content (AvgIpc) is 3.06. The van der Waals surface area contributed by atoms with Crippen molar-refractivity contribution in [3.05, 3.63) is 0 Å². The molecule has 2 aliphatic rings. The zero-order chi connectivity index (χ0) is 17.4. The number of carbonyl (C=O) groups excluding carboxylic acids is 3. The van der Waals surface area contributed by atoms with Crippen molar-refractivity contribution in [1.82, 2.24) is 10.6 Å². The third-order valence-electron chi connectivity index (χ3n) is 4.87. The van der Waals surface area contributed by atoms with E-state index in [4.69, 9.17) is 0 Å². The molecule has 2 saturated heterocycles. The molecule has 3 atom stereocenters. The Balaban J connectivity index is 1.45. The van der Waals surface area contributed by atoms with E-state index in [1.54, 1.807) is 6.92 Å². The van der Waals surface area contributed by atoms with Crippen molar-refractivity contribution in [3.63, 3.8) is 0 Å². The second-order valence-electron chi connectivity index (χ2n) is 7.02. The molecule has 0 aliphatic carbocycles. The Morgan fingerprint density at radius 3 is 2.38 bits per heavy atom. The Kier molecular flexibility index (Phi) is 8.09. The van der Waals surface area contributed by atoms with Gasteiger partial charge in [0.05, 0.1) is 12.1 Å². The van der Waals surface area contributed by atoms with Crippen LogP contribution in [0.1, 0.15) is 71.1 Å². The predicted molar refractivity (Wildman–Crippen MR) is 97.3 cm³/mol. The lowest BCUT2D eigenvalue weighted by Gasteiger charge is -2.16. The highest BCUT2D eigenvalue weighted by Crippen LogP contribution is 2.33. The number of nitrogens with one attached hydrogen (secondary N) is 2. The van der Waals surface area contributed by atoms with Gasteiger partial charge in [-0.05, 0) is 32.6 Å². The van der Waals surface area contributed by atoms with Gasteiger partial charge in [-0.3, -0.25) is 4.79 Å². The second-order valence-corrected chi connectivity index (χ2v) is 8.29. The number of Topliss-reactive ketones (excluding diaryl/α,β-unsaturated/α-hetero) is 2. The summed E-state index contributed by atoms with van der Waals surface area (Å²) in [6.45, 7) is 1.63. The van der Waals surface area contributed by atoms with Gasteiger partial charge in [0.15, 0.2) is 0 Å². The minimum Gasteiger partial charge on any atom is -0.332 e. The Hall–Kier alpha value is -1.04. The molecule has 6 heteroatoms. The molecule has 2 aliphatic heterocycles. The van der Waals surface area contributed by atoms with Crippen LogP contribution in [0.4, 0.5) is 4.79 Å². The van der Waals surface area contributed by atoms with Crippen LogP contribution in [0.5, 0.6) is 0 Å². The maximum absolute atomic E-state index is 11.9. The SMILES string of the molecule is CC(=O)CCCCCCC(=O)CCCC[C@@H]1SC[C@@H]2NC(=O)N[C@@H]21. The average molecular weight is 355 g/mol. The van der Waals surface area contributed by atoms with Crippen molar-refractivity contribution in [2.75, 3.05) is 5.75 Å². The molecule has 0 aromatic rings. The molecular formula is C18H30N2O3S. The molecule has 5 nitrogen and oxygen atoms in total. The Labute approximate surface area is 149 Å². The summed E-state index contributed by atoms with van der Waals surface area (Å²) in [5, 5.41) is 6.45. The van der Waals surface area contributed by atoms with Gasteiger partial charge in [0.25, 0.3) is 0 Å². The normalized spacial score (nSPS) is 25.2. The van der Waals surface area contributed by atoms with Gasteiger partial charge >= 0.3 is 6.03 Å². The molecule has 24 heavy (non-hydrogen) atoms. The number of hydrogen-bond donors (Lipinski definition) is 2. The number of hydrogen-bond acceptors (Lipinski definition) is 4. The second kappa shape index (κ2) is 10.1. The van der Waals surface area contributed by atoms with Crippen molar-refractivity contribution in [2.45, 2.75) is 88.5 Å². The largest absolute Gasteiger partial charge is 0.332 e. The fourth-order valence-electron chi connectivity index (χ4n) is 3.49. The summed E-state index contributed by atoms with van der Waals surface area (Å²) in [5.41, 5.74) is 0. The number of amides is 2. The topological polar surface area (TPSA) is 75.3 Å². The van der Waals surface area contributed by atoms with Crippen molar-refractivity contribution in [1.29, 1.82) is 0 Å². The van der Waals surface area contributed by atoms with Gasteiger partial charge in [0.1, 0.15) is 11.6 Å². The summed E-state index contributed by atoms with van der Waals surface area (Å²) in [5.74, 6) is 1.62. The number of rotatable bonds is 12. The van der Waals surface area contributed by atoms with Crippen LogP contribution in [0.15, 0.2) is 0 Å². The van der Waals surface area contributed by atoms with E-state index in [0.29, 0.717) is 30.3 Å². The molecule has 0 saturated carbocycles. The quantitative estimate of drug-likeness (QED) is 0.417. The molecule has 2 fully saturated rings. The molecule has 0 aromatic heterocycles. The van der Waals surface area contributed by atoms with Gasteiger partial charge in [-0.1, -0.05) is 19.3 Å². The van der Waals surface area contributed by atoms with Crippen LogP contribution in [0.25, 0.3) is 0 Å². The molecule has 2 N–H and O–H groups in total. The molecule has 2 heterocycles. The van der Waals surface area contributed by atoms with Crippen LogP contribution in [0.2, 0.25) is 0 Å². The first kappa shape index (κ1) is 19.3. The smallest absolute Gasteiger partial charge is 0.315 e. The highest BCUT2D eigenvalue weighted by molar-refractivity contribution is 8.00. The lowest BCUT2D eigenvalue weighted by molar-refractivity contribution is -0.119. The van der Waals surface area contributed by atoms with Gasteiger partial charge in [0.2, 0.25) is 0 Å². The fourth-order valence-corrected chi connectivity index (χ4v) is 5.03. The Bertz CT molecular complexity index is 456. The number of unbranched alkanes of at least 4 members (excludes halogenated alkanes) is 4. The summed E-state index contributed by atoms with van der Waals surface area (Å²) >= 11 is 1.93. The minimum atomic E-state index is -0.0335. The van der Waals surface area contributed by atoms with E-state index in [-0.39, 0.29) is 23.9 Å². The van der Waals surface area contributed by atoms with E-state index in [1.165, 1.54) is 0 Å². The molecular weight excluding hydrogens is 324 g/mol. The van der Waals surface area contributed by atoms with Crippen LogP contribution in [-0.4, -0.2) is 40.7 Å². The third-order valence-corrected chi connectivity index (χ3v) is 6.38. The zero-order valence-corrected chi connectivity index (χ0v) is 15.5. The number of carbonyl (C=O) groups is 3. The van der Waals surface area contributed by atoms with Gasteiger partial charge < -0.3 is 15.4 Å². The fraction of sp³-hybridized carbons (Fsp3) is 0.833. The monoisotopic (exact) mass is 354 g/mol. The highest BCUT2D eigenvalue weighted by atomic mass is 32.2. The molecule has 0 aromatic carbocycles. The predicted octanol–water partition coefficient (Wildman–Crippen LogP) is 3.21. The zero-order valence-electron chi connectivity index (χ0n) is 14.6. The molecule has 0 bridgehead atoms. The van der Waals surface area contributed by atoms with Crippen molar-refractivity contribution >= 4 is 29.4 Å². The Morgan fingerprint density at radius 2 is 1.67 bits per heavy atom. The summed E-state index contributed by atoms with van der Waals surface area (Å²) in [7, 11) is 0. The van der Waals surface area contributed by atoms with E-state index in [1.807, 2.05) is 11.8 Å². The van der Waals surface area contributed by atoms with E-state index in [0.717, 1.165) is 50.7 Å². The van der Waals surface area contributed by atoms with Crippen LogP contribution >= 0.6 is 11.8 Å². The number of thioether (sulfide) groups is 1. The molecule has 0 radical (unpaired) electrons. The van der Waals surface area contributed by atoms with Gasteiger partial charge in [-0.25, -0.2) is 4.79 Å². The Morgan fingerprint density at radius 1 is 1.00 bits per heavy atom. The van der Waals surface area contributed by atoms with Gasteiger partial charge in [0, 0.05) is 30.3 Å². The lowest BCUT2D eigenvalue weighted by Crippen LogP contribution is -2.36. The number of ketones is 2. The van der Waals surface area contributed by atoms with Gasteiger partial charge in [-0.2, -0.15) is 11.8 Å². The van der Waals surface area contributed by atoms with Crippen molar-refractivity contribution in [2.24, 2.45) is 0 Å². The van der Waals surface area contributed by atoms with Crippen LogP contribution in [-0.2, 0) is 9.59 Å². The van der Waals surface area contributed by atoms with Crippen molar-refractivity contribution in [3.8, 4) is 0 Å². The standard InChI is InChI=1S/C18H30N2O3S/c1-13(21)8-4-2-3-5-9-14(22)10-6-7-11-16-17-15(12-24-16)19-18(23)20-17/h15-17H,2-12H2,1H3,(H2,19,20,23)/t15-,16-,17-/m0/s1. The molecule has 136 valence electrons. The maximum atomic E-state index is 11.9. The summed E-state index contributed by atoms with van der Waals surface area (Å²) in [6.07, 6.45) is 9.14. The van der Waals surface area contributed by atoms with E-state index in [9.17, 15) is 14.4 Å². The van der Waals surface area contributed by atoms with E-state index >= 15 is 0 Å². The first-order valence-corrected chi connectivity index (χ1v) is 10.3. The molecule has 0 spiro atoms. The highest BCUT2D eigenvalue weighted by Gasteiger charge is 2.42. The molecule has 2 rings (SSSR count). The maximum Gasteiger partial charge on any atom is 0.315 e. The van der Waals surface area contributed by atoms with Crippen molar-refractivity contribution < 1.29 is 14.4 Å². The van der Waals surface area contributed by atoms with Crippen LogP contribution in [0.3, 0.4) is 0 Å². The lowest BCUT2D eigenvalue weighted by atomic mass is 10.0. The first-order valence-electron chi connectivity index (χ1n) is 9.26. The third kappa shape index (κ3) is 6.46. The molecule has 2 amide bonds. The molecule has 0 unspecified atom stereocenters. The summed E-state index contributed by atoms with van der Waals surface area (Å²) in [4.78, 5) is 34.0. The van der Waals surface area contributed by atoms with E-state index < -0.39 is 0 Å². The number of urea groups is 1. The van der Waals surface area contributed by atoms with E-state index in [2.05, 4.69) is 10.6 Å².